The van der Waals surface area contributed by atoms with Gasteiger partial charge in [0.25, 0.3) is 0 Å². The number of thiocarbonyl (C=S) groups is 1. The highest BCUT2D eigenvalue weighted by Crippen LogP contribution is 2.21. The van der Waals surface area contributed by atoms with Crippen molar-refractivity contribution in [2.24, 2.45) is 5.10 Å². The molecule has 1 aromatic carbocycles. The summed E-state index contributed by atoms with van der Waals surface area (Å²) in [5, 5.41) is 16.6. The molecule has 6 nitrogen and oxygen atoms in total. The fourth-order valence-electron chi connectivity index (χ4n) is 1.80. The fraction of sp³-hybridized carbons (Fsp3) is 0.400. The summed E-state index contributed by atoms with van der Waals surface area (Å²) in [6.45, 7) is 5.77. The molecule has 0 unspecified atom stereocenters. The minimum atomic E-state index is -0.912. The first-order valence-corrected chi connectivity index (χ1v) is 7.24. The van der Waals surface area contributed by atoms with E-state index in [9.17, 15) is 4.79 Å². The molecule has 0 bridgehead atoms. The van der Waals surface area contributed by atoms with Gasteiger partial charge in [-0.1, -0.05) is 0 Å². The summed E-state index contributed by atoms with van der Waals surface area (Å²) < 4.78 is 5.17. The van der Waals surface area contributed by atoms with E-state index in [1.165, 1.54) is 7.11 Å². The van der Waals surface area contributed by atoms with E-state index in [-0.39, 0.29) is 12.5 Å². The predicted octanol–water partition coefficient (Wildman–Crippen LogP) is 1.92. The van der Waals surface area contributed by atoms with Gasteiger partial charge in [0.05, 0.1) is 19.2 Å². The SMILES string of the molecule is COc1ccc(/C(C)=N\NC(=S)NC(C)C)cc1CC(=O)O. The molecule has 7 heteroatoms. The molecular formula is C15H21N3O3S. The van der Waals surface area contributed by atoms with Gasteiger partial charge in [-0.25, -0.2) is 0 Å². The highest BCUT2D eigenvalue weighted by Gasteiger charge is 2.10. The quantitative estimate of drug-likeness (QED) is 0.421. The number of ether oxygens (including phenoxy) is 1. The van der Waals surface area contributed by atoms with Gasteiger partial charge in [0.1, 0.15) is 5.75 Å². The van der Waals surface area contributed by atoms with Crippen LogP contribution >= 0.6 is 12.2 Å². The predicted molar refractivity (Wildman–Crippen MR) is 90.6 cm³/mol. The number of carboxylic acids is 1. The van der Waals surface area contributed by atoms with Crippen LogP contribution in [0.3, 0.4) is 0 Å². The molecule has 0 atom stereocenters. The average molecular weight is 323 g/mol. The van der Waals surface area contributed by atoms with Crippen molar-refractivity contribution in [1.82, 2.24) is 10.7 Å². The normalized spacial score (nSPS) is 11.2. The number of hydrogen-bond acceptors (Lipinski definition) is 4. The van der Waals surface area contributed by atoms with E-state index in [1.54, 1.807) is 12.1 Å². The molecule has 0 fully saturated rings. The molecule has 0 spiro atoms. The molecule has 0 heterocycles. The Kier molecular flexibility index (Phi) is 6.78. The average Bonchev–Trinajstić information content (AvgIpc) is 2.43. The van der Waals surface area contributed by atoms with Crippen LogP contribution in [-0.2, 0) is 11.2 Å². The first-order valence-electron chi connectivity index (χ1n) is 6.83. The smallest absolute Gasteiger partial charge is 0.307 e. The zero-order valence-electron chi connectivity index (χ0n) is 13.1. The van der Waals surface area contributed by atoms with E-state index in [4.69, 9.17) is 22.1 Å². The van der Waals surface area contributed by atoms with Crippen LogP contribution in [0.1, 0.15) is 31.9 Å². The van der Waals surface area contributed by atoms with E-state index in [1.807, 2.05) is 26.8 Å². The molecule has 3 N–H and O–H groups in total. The molecule has 0 aliphatic carbocycles. The van der Waals surface area contributed by atoms with Gasteiger partial charge in [-0.2, -0.15) is 5.10 Å². The summed E-state index contributed by atoms with van der Waals surface area (Å²) in [6.07, 6.45) is -0.106. The van der Waals surface area contributed by atoms with Gasteiger partial charge >= 0.3 is 5.97 Å². The second-order valence-corrected chi connectivity index (χ2v) is 5.44. The minimum Gasteiger partial charge on any atom is -0.496 e. The van der Waals surface area contributed by atoms with Crippen LogP contribution in [0.4, 0.5) is 0 Å². The molecule has 0 aliphatic heterocycles. The molecule has 1 aromatic rings. The van der Waals surface area contributed by atoms with Crippen molar-refractivity contribution in [1.29, 1.82) is 0 Å². The third-order valence-corrected chi connectivity index (χ3v) is 2.99. The highest BCUT2D eigenvalue weighted by molar-refractivity contribution is 7.80. The van der Waals surface area contributed by atoms with E-state index in [0.29, 0.717) is 22.1 Å². The van der Waals surface area contributed by atoms with Gasteiger partial charge in [0, 0.05) is 11.6 Å². The van der Waals surface area contributed by atoms with E-state index in [0.717, 1.165) is 5.56 Å². The van der Waals surface area contributed by atoms with Crippen LogP contribution in [0.25, 0.3) is 0 Å². The Morgan fingerprint density at radius 1 is 1.45 bits per heavy atom. The third kappa shape index (κ3) is 5.69. The van der Waals surface area contributed by atoms with Gasteiger partial charge in [-0.15, -0.1) is 0 Å². The van der Waals surface area contributed by atoms with Crippen LogP contribution in [0.5, 0.6) is 5.75 Å². The molecule has 0 radical (unpaired) electrons. The van der Waals surface area contributed by atoms with Crippen LogP contribution < -0.4 is 15.5 Å². The van der Waals surface area contributed by atoms with Crippen LogP contribution in [-0.4, -0.2) is 35.1 Å². The van der Waals surface area contributed by atoms with Crippen molar-refractivity contribution < 1.29 is 14.6 Å². The Labute approximate surface area is 135 Å². The van der Waals surface area contributed by atoms with Gasteiger partial charge in [-0.3, -0.25) is 10.2 Å². The van der Waals surface area contributed by atoms with Gasteiger partial charge < -0.3 is 15.2 Å². The molecular weight excluding hydrogens is 302 g/mol. The summed E-state index contributed by atoms with van der Waals surface area (Å²) in [5.74, 6) is -0.366. The Morgan fingerprint density at radius 2 is 2.14 bits per heavy atom. The second-order valence-electron chi connectivity index (χ2n) is 5.03. The number of aliphatic carboxylic acids is 1. The molecule has 120 valence electrons. The van der Waals surface area contributed by atoms with Crippen molar-refractivity contribution >= 4 is 29.0 Å². The first kappa shape index (κ1) is 17.9. The van der Waals surface area contributed by atoms with Crippen molar-refractivity contribution in [3.8, 4) is 5.75 Å². The van der Waals surface area contributed by atoms with E-state index >= 15 is 0 Å². The number of carboxylic acid groups (broad SMARTS) is 1. The van der Waals surface area contributed by atoms with Gasteiger partial charge in [0.2, 0.25) is 0 Å². The number of carbonyl (C=O) groups is 1. The number of hydrazone groups is 1. The topological polar surface area (TPSA) is 83.0 Å². The zero-order valence-corrected chi connectivity index (χ0v) is 14.0. The maximum atomic E-state index is 10.9. The van der Waals surface area contributed by atoms with Crippen molar-refractivity contribution in [3.63, 3.8) is 0 Å². The number of nitrogens with zero attached hydrogens (tertiary/aromatic N) is 1. The Bertz CT molecular complexity index is 585. The molecule has 0 saturated carbocycles. The third-order valence-electron chi connectivity index (χ3n) is 2.78. The molecule has 0 amide bonds. The van der Waals surface area contributed by atoms with E-state index in [2.05, 4.69) is 15.8 Å². The molecule has 0 aliphatic rings. The lowest BCUT2D eigenvalue weighted by Gasteiger charge is -2.12. The maximum absolute atomic E-state index is 10.9. The maximum Gasteiger partial charge on any atom is 0.307 e. The monoisotopic (exact) mass is 323 g/mol. The summed E-state index contributed by atoms with van der Waals surface area (Å²) in [4.78, 5) is 10.9. The zero-order chi connectivity index (χ0) is 16.7. The van der Waals surface area contributed by atoms with Gasteiger partial charge in [-0.05, 0) is 56.8 Å². The summed E-state index contributed by atoms with van der Waals surface area (Å²) in [6, 6.07) is 5.53. The summed E-state index contributed by atoms with van der Waals surface area (Å²) in [7, 11) is 1.51. The number of hydrogen-bond donors (Lipinski definition) is 3. The Morgan fingerprint density at radius 3 is 2.68 bits per heavy atom. The number of rotatable bonds is 6. The standard InChI is InChI=1S/C15H21N3O3S/c1-9(2)16-15(22)18-17-10(3)11-5-6-13(21-4)12(7-11)8-14(19)20/h5-7,9H,8H2,1-4H3,(H,19,20)(H2,16,18,22)/b17-10-. The molecule has 0 saturated heterocycles. The van der Waals surface area contributed by atoms with Crippen LogP contribution in [0.2, 0.25) is 0 Å². The molecule has 22 heavy (non-hydrogen) atoms. The molecule has 0 aromatic heterocycles. The largest absolute Gasteiger partial charge is 0.496 e. The number of benzene rings is 1. The first-order chi connectivity index (χ1) is 10.3. The Balaban J connectivity index is 2.91. The highest BCUT2D eigenvalue weighted by atomic mass is 32.1. The summed E-state index contributed by atoms with van der Waals surface area (Å²) >= 11 is 5.09. The van der Waals surface area contributed by atoms with Gasteiger partial charge in [0.15, 0.2) is 5.11 Å². The lowest BCUT2D eigenvalue weighted by atomic mass is 10.0. The lowest BCUT2D eigenvalue weighted by molar-refractivity contribution is -0.136. The van der Waals surface area contributed by atoms with Crippen molar-refractivity contribution in [2.75, 3.05) is 7.11 Å². The van der Waals surface area contributed by atoms with E-state index < -0.39 is 5.97 Å². The minimum absolute atomic E-state index is 0.106. The fourth-order valence-corrected chi connectivity index (χ4v) is 2.08. The number of methoxy groups -OCH3 is 1. The number of nitrogens with one attached hydrogen (secondary N) is 2. The second kappa shape index (κ2) is 8.33. The summed E-state index contributed by atoms with van der Waals surface area (Å²) in [5.41, 5.74) is 4.86. The van der Waals surface area contributed by atoms with Crippen LogP contribution in [0, 0.1) is 0 Å². The van der Waals surface area contributed by atoms with Crippen molar-refractivity contribution in [3.05, 3.63) is 29.3 Å². The molecule has 1 rings (SSSR count). The van der Waals surface area contributed by atoms with Crippen molar-refractivity contribution in [2.45, 2.75) is 33.2 Å². The Hall–Kier alpha value is -2.15. The lowest BCUT2D eigenvalue weighted by Crippen LogP contribution is -2.37. The van der Waals surface area contributed by atoms with Crippen LogP contribution in [0.15, 0.2) is 23.3 Å².